The Morgan fingerprint density at radius 1 is 1.33 bits per heavy atom. The molecule has 0 aliphatic carbocycles. The number of rotatable bonds is 5. The van der Waals surface area contributed by atoms with E-state index >= 15 is 0 Å². The number of hydrogen-bond acceptors (Lipinski definition) is 2. The monoisotopic (exact) mass is 269 g/mol. The molecule has 0 aliphatic heterocycles. The number of methoxy groups -OCH3 is 1. The number of ether oxygens (including phenoxy) is 1. The van der Waals surface area contributed by atoms with Crippen LogP contribution in [0.5, 0.6) is 0 Å². The van der Waals surface area contributed by atoms with Crippen molar-refractivity contribution in [3.8, 4) is 0 Å². The van der Waals surface area contributed by atoms with Crippen LogP contribution in [0.4, 0.5) is 0 Å². The van der Waals surface area contributed by atoms with Gasteiger partial charge in [0.15, 0.2) is 0 Å². The van der Waals surface area contributed by atoms with Crippen molar-refractivity contribution < 1.29 is 4.74 Å². The molecule has 18 heavy (non-hydrogen) atoms. The van der Waals surface area contributed by atoms with Crippen LogP contribution in [-0.2, 0) is 4.74 Å². The van der Waals surface area contributed by atoms with Crippen molar-refractivity contribution in [3.63, 3.8) is 0 Å². The maximum Gasteiger partial charge on any atom is 0.0814 e. The molecule has 0 bridgehead atoms. The molecule has 2 nitrogen and oxygen atoms in total. The fourth-order valence-corrected chi connectivity index (χ4v) is 2.51. The Kier molecular flexibility index (Phi) is 5.64. The van der Waals surface area contributed by atoms with E-state index in [9.17, 15) is 0 Å². The number of hydrogen-bond donors (Lipinski definition) is 1. The summed E-state index contributed by atoms with van der Waals surface area (Å²) >= 11 is 6.08. The SMILES string of the molecule is CCNC(c1cccc(Cl)c1)C(OC)C(C)(C)C. The standard InChI is InChI=1S/C15H24ClNO/c1-6-17-13(14(18-5)15(2,3)4)11-8-7-9-12(16)10-11/h7-10,13-14,17H,6H2,1-5H3. The molecular weight excluding hydrogens is 246 g/mol. The maximum atomic E-state index is 6.08. The van der Waals surface area contributed by atoms with Gasteiger partial charge in [-0.1, -0.05) is 51.4 Å². The van der Waals surface area contributed by atoms with Crippen molar-refractivity contribution in [2.75, 3.05) is 13.7 Å². The Morgan fingerprint density at radius 3 is 2.44 bits per heavy atom. The highest BCUT2D eigenvalue weighted by Gasteiger charge is 2.32. The van der Waals surface area contributed by atoms with Crippen LogP contribution in [0.1, 0.15) is 39.3 Å². The Balaban J connectivity index is 3.08. The molecule has 0 spiro atoms. The molecular formula is C15H24ClNO. The first-order valence-electron chi connectivity index (χ1n) is 6.41. The maximum absolute atomic E-state index is 6.08. The van der Waals surface area contributed by atoms with Gasteiger partial charge in [0, 0.05) is 12.1 Å². The van der Waals surface area contributed by atoms with E-state index in [1.165, 1.54) is 5.56 Å². The predicted octanol–water partition coefficient (Wildman–Crippen LogP) is 4.05. The summed E-state index contributed by atoms with van der Waals surface area (Å²) in [7, 11) is 1.77. The van der Waals surface area contributed by atoms with Crippen LogP contribution in [-0.4, -0.2) is 19.8 Å². The van der Waals surface area contributed by atoms with E-state index in [-0.39, 0.29) is 17.6 Å². The predicted molar refractivity (Wildman–Crippen MR) is 78.1 cm³/mol. The van der Waals surface area contributed by atoms with Crippen molar-refractivity contribution in [1.29, 1.82) is 0 Å². The van der Waals surface area contributed by atoms with Gasteiger partial charge in [-0.05, 0) is 29.7 Å². The van der Waals surface area contributed by atoms with Crippen LogP contribution in [0.3, 0.4) is 0 Å². The summed E-state index contributed by atoms with van der Waals surface area (Å²) < 4.78 is 5.72. The minimum absolute atomic E-state index is 0.0594. The first-order chi connectivity index (χ1) is 8.40. The van der Waals surface area contributed by atoms with Gasteiger partial charge >= 0.3 is 0 Å². The lowest BCUT2D eigenvalue weighted by Gasteiger charge is -2.36. The van der Waals surface area contributed by atoms with Gasteiger partial charge in [0.05, 0.1) is 12.1 Å². The summed E-state index contributed by atoms with van der Waals surface area (Å²) in [5, 5.41) is 4.26. The second-order valence-corrected chi connectivity index (χ2v) is 6.05. The number of nitrogens with one attached hydrogen (secondary N) is 1. The van der Waals surface area contributed by atoms with E-state index in [4.69, 9.17) is 16.3 Å². The number of halogens is 1. The lowest BCUT2D eigenvalue weighted by atomic mass is 9.82. The van der Waals surface area contributed by atoms with Crippen molar-refractivity contribution in [3.05, 3.63) is 34.9 Å². The van der Waals surface area contributed by atoms with Gasteiger partial charge in [-0.2, -0.15) is 0 Å². The van der Waals surface area contributed by atoms with E-state index in [1.54, 1.807) is 7.11 Å². The fraction of sp³-hybridized carbons (Fsp3) is 0.600. The third-order valence-corrected chi connectivity index (χ3v) is 3.28. The molecule has 1 aromatic rings. The molecule has 2 atom stereocenters. The van der Waals surface area contributed by atoms with Gasteiger partial charge in [-0.3, -0.25) is 0 Å². The first kappa shape index (κ1) is 15.5. The summed E-state index contributed by atoms with van der Waals surface area (Å²) in [4.78, 5) is 0. The zero-order chi connectivity index (χ0) is 13.8. The van der Waals surface area contributed by atoms with Crippen molar-refractivity contribution >= 4 is 11.6 Å². The molecule has 0 saturated heterocycles. The summed E-state index contributed by atoms with van der Waals surface area (Å²) in [5.41, 5.74) is 1.23. The molecule has 2 unspecified atom stereocenters. The summed E-state index contributed by atoms with van der Waals surface area (Å²) in [6.07, 6.45) is 0.0934. The third kappa shape index (κ3) is 3.98. The van der Waals surface area contributed by atoms with Gasteiger partial charge in [-0.25, -0.2) is 0 Å². The lowest BCUT2D eigenvalue weighted by Crippen LogP contribution is -2.41. The average molecular weight is 270 g/mol. The minimum Gasteiger partial charge on any atom is -0.379 e. The first-order valence-corrected chi connectivity index (χ1v) is 6.79. The molecule has 3 heteroatoms. The zero-order valence-electron chi connectivity index (χ0n) is 12.0. The Morgan fingerprint density at radius 2 is 2.00 bits per heavy atom. The molecule has 1 aromatic carbocycles. The van der Waals surface area contributed by atoms with Crippen LogP contribution in [0.25, 0.3) is 0 Å². The molecule has 0 fully saturated rings. The topological polar surface area (TPSA) is 21.3 Å². The molecule has 0 saturated carbocycles. The summed E-state index contributed by atoms with van der Waals surface area (Å²) in [6, 6.07) is 8.13. The van der Waals surface area contributed by atoms with Crippen LogP contribution in [0, 0.1) is 5.41 Å². The second-order valence-electron chi connectivity index (χ2n) is 5.61. The molecule has 1 N–H and O–H groups in total. The summed E-state index contributed by atoms with van der Waals surface area (Å²) in [6.45, 7) is 9.57. The van der Waals surface area contributed by atoms with Crippen LogP contribution in [0.15, 0.2) is 24.3 Å². The van der Waals surface area contributed by atoms with Crippen LogP contribution < -0.4 is 5.32 Å². The Hall–Kier alpha value is -0.570. The van der Waals surface area contributed by atoms with Crippen LogP contribution >= 0.6 is 11.6 Å². The van der Waals surface area contributed by atoms with E-state index < -0.39 is 0 Å². The zero-order valence-corrected chi connectivity index (χ0v) is 12.7. The van der Waals surface area contributed by atoms with Crippen molar-refractivity contribution in [2.45, 2.75) is 39.8 Å². The molecule has 0 amide bonds. The number of benzene rings is 1. The van der Waals surface area contributed by atoms with Gasteiger partial charge in [-0.15, -0.1) is 0 Å². The molecule has 1 rings (SSSR count). The second kappa shape index (κ2) is 6.55. The highest BCUT2D eigenvalue weighted by molar-refractivity contribution is 6.30. The fourth-order valence-electron chi connectivity index (χ4n) is 2.31. The molecule has 0 aliphatic rings. The molecule has 102 valence electrons. The minimum atomic E-state index is 0.0594. The van der Waals surface area contributed by atoms with Gasteiger partial charge in [0.2, 0.25) is 0 Å². The van der Waals surface area contributed by atoms with E-state index in [0.717, 1.165) is 11.6 Å². The molecule has 0 radical (unpaired) electrons. The quantitative estimate of drug-likeness (QED) is 0.871. The van der Waals surface area contributed by atoms with E-state index in [2.05, 4.69) is 39.1 Å². The smallest absolute Gasteiger partial charge is 0.0814 e. The normalized spacial score (nSPS) is 15.4. The van der Waals surface area contributed by atoms with Gasteiger partial charge < -0.3 is 10.1 Å². The third-order valence-electron chi connectivity index (χ3n) is 3.04. The van der Waals surface area contributed by atoms with E-state index in [0.29, 0.717) is 0 Å². The highest BCUT2D eigenvalue weighted by atomic mass is 35.5. The Labute approximate surface area is 116 Å². The number of likely N-dealkylation sites (N-methyl/N-ethyl adjacent to an activating group) is 1. The Bertz CT molecular complexity index is 373. The summed E-state index contributed by atoms with van der Waals surface area (Å²) in [5.74, 6) is 0. The largest absolute Gasteiger partial charge is 0.379 e. The highest BCUT2D eigenvalue weighted by Crippen LogP contribution is 2.33. The molecule has 0 heterocycles. The van der Waals surface area contributed by atoms with Crippen molar-refractivity contribution in [1.82, 2.24) is 5.32 Å². The van der Waals surface area contributed by atoms with Crippen LogP contribution in [0.2, 0.25) is 5.02 Å². The molecule has 0 aromatic heterocycles. The van der Waals surface area contributed by atoms with Gasteiger partial charge in [0.1, 0.15) is 0 Å². The average Bonchev–Trinajstić information content (AvgIpc) is 2.27. The lowest BCUT2D eigenvalue weighted by molar-refractivity contribution is -0.0115. The van der Waals surface area contributed by atoms with Gasteiger partial charge in [0.25, 0.3) is 0 Å². The van der Waals surface area contributed by atoms with Crippen molar-refractivity contribution in [2.24, 2.45) is 5.41 Å². The van der Waals surface area contributed by atoms with E-state index in [1.807, 2.05) is 18.2 Å².